The highest BCUT2D eigenvalue weighted by atomic mass is 19.1. The van der Waals surface area contributed by atoms with Crippen molar-refractivity contribution in [2.24, 2.45) is 0 Å². The highest BCUT2D eigenvalue weighted by molar-refractivity contribution is 5.69. The highest BCUT2D eigenvalue weighted by Crippen LogP contribution is 1.91. The Morgan fingerprint density at radius 3 is 2.30 bits per heavy atom. The second kappa shape index (κ2) is 3.65. The summed E-state index contributed by atoms with van der Waals surface area (Å²) in [7, 11) is 0. The Morgan fingerprint density at radius 1 is 1.50 bits per heavy atom. The lowest BCUT2D eigenvalue weighted by atomic mass is 10.4. The van der Waals surface area contributed by atoms with Gasteiger partial charge in [-0.05, 0) is 0 Å². The van der Waals surface area contributed by atoms with Crippen LogP contribution in [-0.4, -0.2) is 28.6 Å². The number of carboxylic acids is 1. The first kappa shape index (κ1) is 8.67. The summed E-state index contributed by atoms with van der Waals surface area (Å²) >= 11 is 0. The number of halogens is 1. The fraction of sp³-hybridized carbons (Fsp3) is 0.500. The molecule has 1 amide bonds. The first-order valence-electron chi connectivity index (χ1n) is 2.37. The molecule has 0 aromatic carbocycles. The van der Waals surface area contributed by atoms with Gasteiger partial charge in [0.15, 0.2) is 6.30 Å². The Bertz CT molecular complexity index is 132. The minimum absolute atomic E-state index is 0.855. The molecule has 0 bridgehead atoms. The van der Waals surface area contributed by atoms with E-state index in [1.54, 1.807) is 0 Å². The summed E-state index contributed by atoms with van der Waals surface area (Å²) in [5.41, 5.74) is 0. The second-order valence-electron chi connectivity index (χ2n) is 1.51. The number of amides is 1. The molecule has 58 valence electrons. The monoisotopic (exact) mass is 151 g/mol. The van der Waals surface area contributed by atoms with Gasteiger partial charge in [-0.1, -0.05) is 0 Å². The van der Waals surface area contributed by atoms with Gasteiger partial charge in [-0.2, -0.15) is 0 Å². The van der Waals surface area contributed by atoms with E-state index in [1.165, 1.54) is 5.32 Å². The summed E-state index contributed by atoms with van der Waals surface area (Å²) in [6.07, 6.45) is -4.46. The van der Waals surface area contributed by atoms with Gasteiger partial charge in [0.2, 0.25) is 0 Å². The Balaban J connectivity index is 3.53. The van der Waals surface area contributed by atoms with E-state index < -0.39 is 24.8 Å². The van der Waals surface area contributed by atoms with Crippen molar-refractivity contribution in [3.63, 3.8) is 0 Å². The topological polar surface area (TPSA) is 86.6 Å². The molecule has 0 fully saturated rings. The Hall–Kier alpha value is -1.33. The zero-order valence-corrected chi connectivity index (χ0v) is 4.87. The molecule has 0 aliphatic rings. The number of hydrogen-bond acceptors (Lipinski definition) is 2. The number of carbonyl (C=O) groups is 2. The van der Waals surface area contributed by atoms with E-state index in [2.05, 4.69) is 0 Å². The maximum Gasteiger partial charge on any atom is 0.406 e. The van der Waals surface area contributed by atoms with E-state index in [9.17, 15) is 14.0 Å². The van der Waals surface area contributed by atoms with Crippen LogP contribution in [0.3, 0.4) is 0 Å². The SMILES string of the molecule is O=C(O)CC(F)NC(=O)O. The van der Waals surface area contributed by atoms with Crippen LogP contribution in [0.15, 0.2) is 0 Å². The molecule has 0 aliphatic carbocycles. The van der Waals surface area contributed by atoms with Crippen molar-refractivity contribution in [1.82, 2.24) is 5.32 Å². The number of aliphatic carboxylic acids is 1. The smallest absolute Gasteiger partial charge is 0.406 e. The average Bonchev–Trinajstić information content (AvgIpc) is 1.58. The van der Waals surface area contributed by atoms with Crippen molar-refractivity contribution in [2.75, 3.05) is 0 Å². The highest BCUT2D eigenvalue weighted by Gasteiger charge is 2.12. The third kappa shape index (κ3) is 4.82. The van der Waals surface area contributed by atoms with Crippen LogP contribution in [0, 0.1) is 0 Å². The third-order valence-electron chi connectivity index (χ3n) is 0.634. The van der Waals surface area contributed by atoms with Gasteiger partial charge in [0.25, 0.3) is 0 Å². The average molecular weight is 151 g/mol. The maximum absolute atomic E-state index is 12.0. The molecular weight excluding hydrogens is 145 g/mol. The molecule has 1 atom stereocenters. The molecule has 5 nitrogen and oxygen atoms in total. The second-order valence-corrected chi connectivity index (χ2v) is 1.51. The van der Waals surface area contributed by atoms with E-state index in [4.69, 9.17) is 10.2 Å². The Labute approximate surface area is 55.5 Å². The van der Waals surface area contributed by atoms with Gasteiger partial charge in [-0.25, -0.2) is 9.18 Å². The molecule has 0 heterocycles. The van der Waals surface area contributed by atoms with E-state index in [0.717, 1.165) is 0 Å². The summed E-state index contributed by atoms with van der Waals surface area (Å²) in [6.45, 7) is 0. The van der Waals surface area contributed by atoms with Crippen molar-refractivity contribution < 1.29 is 24.2 Å². The quantitative estimate of drug-likeness (QED) is 0.496. The largest absolute Gasteiger partial charge is 0.481 e. The van der Waals surface area contributed by atoms with E-state index in [1.807, 2.05) is 0 Å². The van der Waals surface area contributed by atoms with Crippen molar-refractivity contribution >= 4 is 12.1 Å². The van der Waals surface area contributed by atoms with Crippen molar-refractivity contribution in [2.45, 2.75) is 12.7 Å². The Kier molecular flexibility index (Phi) is 3.16. The van der Waals surface area contributed by atoms with Crippen LogP contribution in [0.2, 0.25) is 0 Å². The molecule has 0 aromatic heterocycles. The van der Waals surface area contributed by atoms with Crippen LogP contribution in [0.25, 0.3) is 0 Å². The Morgan fingerprint density at radius 2 is 2.00 bits per heavy atom. The first-order valence-corrected chi connectivity index (χ1v) is 2.37. The lowest BCUT2D eigenvalue weighted by molar-refractivity contribution is -0.138. The summed E-state index contributed by atoms with van der Waals surface area (Å²) in [6, 6.07) is 0. The zero-order valence-electron chi connectivity index (χ0n) is 4.87. The molecule has 0 radical (unpaired) electrons. The molecule has 0 aromatic rings. The predicted octanol–water partition coefficient (Wildman–Crippen LogP) is 0.0243. The summed E-state index contributed by atoms with van der Waals surface area (Å²) in [5, 5.41) is 17.1. The summed E-state index contributed by atoms with van der Waals surface area (Å²) < 4.78 is 12.0. The van der Waals surface area contributed by atoms with E-state index >= 15 is 0 Å². The summed E-state index contributed by atoms with van der Waals surface area (Å²) in [5.74, 6) is -1.39. The van der Waals surface area contributed by atoms with Crippen molar-refractivity contribution in [1.29, 1.82) is 0 Å². The van der Waals surface area contributed by atoms with Gasteiger partial charge in [-0.15, -0.1) is 0 Å². The lowest BCUT2D eigenvalue weighted by Crippen LogP contribution is -2.31. The molecule has 0 saturated carbocycles. The number of nitrogens with one attached hydrogen (secondary N) is 1. The summed E-state index contributed by atoms with van der Waals surface area (Å²) in [4.78, 5) is 19.4. The van der Waals surface area contributed by atoms with Crippen LogP contribution in [0.4, 0.5) is 9.18 Å². The molecule has 6 heteroatoms. The minimum atomic E-state index is -2.03. The predicted molar refractivity (Wildman–Crippen MR) is 28.3 cm³/mol. The van der Waals surface area contributed by atoms with Crippen LogP contribution >= 0.6 is 0 Å². The van der Waals surface area contributed by atoms with E-state index in [-0.39, 0.29) is 0 Å². The first-order chi connectivity index (χ1) is 4.52. The molecule has 0 aliphatic heterocycles. The number of rotatable bonds is 3. The van der Waals surface area contributed by atoms with Crippen LogP contribution in [-0.2, 0) is 4.79 Å². The fourth-order valence-corrected chi connectivity index (χ4v) is 0.338. The number of alkyl halides is 1. The molecule has 0 rings (SSSR count). The number of carboxylic acid groups (broad SMARTS) is 2. The number of hydrogen-bond donors (Lipinski definition) is 3. The fourth-order valence-electron chi connectivity index (χ4n) is 0.338. The molecule has 3 N–H and O–H groups in total. The molecule has 0 saturated heterocycles. The van der Waals surface area contributed by atoms with Gasteiger partial charge in [0.05, 0.1) is 6.42 Å². The zero-order chi connectivity index (χ0) is 8.15. The van der Waals surface area contributed by atoms with Gasteiger partial charge in [-0.3, -0.25) is 10.1 Å². The molecular formula is C4H6FNO4. The standard InChI is InChI=1S/C4H6FNO4/c5-2(1-3(7)8)6-4(9)10/h2,6H,1H2,(H,7,8)(H,9,10). The third-order valence-corrected chi connectivity index (χ3v) is 0.634. The van der Waals surface area contributed by atoms with Gasteiger partial charge in [0, 0.05) is 0 Å². The van der Waals surface area contributed by atoms with Crippen LogP contribution in [0.5, 0.6) is 0 Å². The lowest BCUT2D eigenvalue weighted by Gasteiger charge is -2.02. The minimum Gasteiger partial charge on any atom is -0.481 e. The van der Waals surface area contributed by atoms with Crippen molar-refractivity contribution in [3.05, 3.63) is 0 Å². The van der Waals surface area contributed by atoms with Gasteiger partial charge >= 0.3 is 12.1 Å². The maximum atomic E-state index is 12.0. The van der Waals surface area contributed by atoms with E-state index in [0.29, 0.717) is 0 Å². The molecule has 1 unspecified atom stereocenters. The van der Waals surface area contributed by atoms with Crippen molar-refractivity contribution in [3.8, 4) is 0 Å². The van der Waals surface area contributed by atoms with Crippen LogP contribution < -0.4 is 5.32 Å². The molecule has 10 heavy (non-hydrogen) atoms. The van der Waals surface area contributed by atoms with Gasteiger partial charge < -0.3 is 10.2 Å². The molecule has 0 spiro atoms. The van der Waals surface area contributed by atoms with Gasteiger partial charge in [0.1, 0.15) is 0 Å². The van der Waals surface area contributed by atoms with Crippen LogP contribution in [0.1, 0.15) is 6.42 Å². The normalized spacial score (nSPS) is 12.1.